The van der Waals surface area contributed by atoms with Gasteiger partial charge in [-0.3, -0.25) is 14.6 Å². The first-order chi connectivity index (χ1) is 15.3. The van der Waals surface area contributed by atoms with E-state index in [0.717, 1.165) is 35.3 Å². The van der Waals surface area contributed by atoms with Gasteiger partial charge in [0.15, 0.2) is 0 Å². The van der Waals surface area contributed by atoms with E-state index in [1.54, 1.807) is 18.6 Å². The summed E-state index contributed by atoms with van der Waals surface area (Å²) in [6.07, 6.45) is 7.53. The maximum Gasteiger partial charge on any atom is 0.283 e. The average Bonchev–Trinajstić information content (AvgIpc) is 2.78. The molecule has 2 aromatic rings. The average molecular weight is 456 g/mol. The third-order valence-electron chi connectivity index (χ3n) is 7.52. The summed E-state index contributed by atoms with van der Waals surface area (Å²) in [7, 11) is 0. The molecule has 2 heterocycles. The molecular formula is C24H33N5O2S. The van der Waals surface area contributed by atoms with Crippen molar-refractivity contribution < 1.29 is 4.79 Å². The Morgan fingerprint density at radius 2 is 2.03 bits per heavy atom. The Balaban J connectivity index is 1.45. The van der Waals surface area contributed by atoms with Gasteiger partial charge in [0, 0.05) is 25.0 Å². The third kappa shape index (κ3) is 4.42. The number of rotatable bonds is 8. The number of nitrogens with one attached hydrogen (secondary N) is 2. The highest BCUT2D eigenvalue weighted by atomic mass is 32.2. The van der Waals surface area contributed by atoms with Crippen LogP contribution in [0.2, 0.25) is 0 Å². The Bertz CT molecular complexity index is 1020. The molecule has 8 heteroatoms. The lowest BCUT2D eigenvalue weighted by Gasteiger charge is -2.62. The molecule has 3 aliphatic carbocycles. The highest BCUT2D eigenvalue weighted by Gasteiger charge is 2.56. The van der Waals surface area contributed by atoms with Crippen LogP contribution in [0.15, 0.2) is 40.4 Å². The molecule has 0 spiro atoms. The molecule has 0 radical (unpaired) electrons. The maximum atomic E-state index is 13.1. The normalized spacial score (nSPS) is 25.6. The fraction of sp³-hybridized carbons (Fsp3) is 0.583. The monoisotopic (exact) mass is 455 g/mol. The van der Waals surface area contributed by atoms with Crippen molar-refractivity contribution in [3.63, 3.8) is 0 Å². The number of carbonyl (C=O) groups is 1. The van der Waals surface area contributed by atoms with Gasteiger partial charge in [-0.1, -0.05) is 27.7 Å². The minimum Gasteiger partial charge on any atom is -0.380 e. The number of hydrogen-bond donors (Lipinski definition) is 2. The van der Waals surface area contributed by atoms with Crippen LogP contribution in [0.4, 0.5) is 5.69 Å². The van der Waals surface area contributed by atoms with Gasteiger partial charge < -0.3 is 10.6 Å². The number of hydrogen-bond acceptors (Lipinski definition) is 6. The molecule has 0 aromatic carbocycles. The van der Waals surface area contributed by atoms with Gasteiger partial charge in [-0.25, -0.2) is 4.68 Å². The van der Waals surface area contributed by atoms with Crippen LogP contribution in [0.3, 0.4) is 0 Å². The van der Waals surface area contributed by atoms with E-state index >= 15 is 0 Å². The number of nitrogens with zero attached hydrogens (tertiary/aromatic N) is 3. The summed E-state index contributed by atoms with van der Waals surface area (Å²) in [5.74, 6) is 2.55. The molecule has 2 N–H and O–H groups in total. The zero-order valence-electron chi connectivity index (χ0n) is 19.3. The summed E-state index contributed by atoms with van der Waals surface area (Å²) in [5.41, 5.74) is 1.96. The van der Waals surface area contributed by atoms with Crippen molar-refractivity contribution in [2.45, 2.75) is 64.6 Å². The van der Waals surface area contributed by atoms with Gasteiger partial charge in [0.2, 0.25) is 5.91 Å². The second-order valence-corrected chi connectivity index (χ2v) is 10.9. The first kappa shape index (κ1) is 22.8. The number of anilines is 1. The molecule has 0 aliphatic heterocycles. The number of fused-ring (bicyclic) bond motifs is 2. The van der Waals surface area contributed by atoms with Gasteiger partial charge in [-0.2, -0.15) is 5.10 Å². The highest BCUT2D eigenvalue weighted by Crippen LogP contribution is 2.61. The minimum atomic E-state index is -0.243. The van der Waals surface area contributed by atoms with Gasteiger partial charge >= 0.3 is 0 Å². The number of thioether (sulfide) groups is 1. The lowest BCUT2D eigenvalue weighted by Crippen LogP contribution is -2.58. The quantitative estimate of drug-likeness (QED) is 0.592. The predicted octanol–water partition coefficient (Wildman–Crippen LogP) is 3.55. The number of amides is 1. The Labute approximate surface area is 193 Å². The van der Waals surface area contributed by atoms with E-state index in [0.29, 0.717) is 28.8 Å². The molecule has 32 heavy (non-hydrogen) atoms. The minimum absolute atomic E-state index is 0.0976. The van der Waals surface area contributed by atoms with Gasteiger partial charge in [-0.15, -0.1) is 11.8 Å². The van der Waals surface area contributed by atoms with Crippen molar-refractivity contribution in [3.05, 3.63) is 46.6 Å². The zero-order chi connectivity index (χ0) is 22.9. The molecular weight excluding hydrogens is 422 g/mol. The molecule has 7 nitrogen and oxygen atoms in total. The van der Waals surface area contributed by atoms with Crippen molar-refractivity contribution in [3.8, 4) is 0 Å². The largest absolute Gasteiger partial charge is 0.380 e. The van der Waals surface area contributed by atoms with Crippen LogP contribution < -0.4 is 16.2 Å². The van der Waals surface area contributed by atoms with Crippen LogP contribution in [-0.4, -0.2) is 32.5 Å². The summed E-state index contributed by atoms with van der Waals surface area (Å²) in [5, 5.41) is 10.8. The van der Waals surface area contributed by atoms with E-state index in [1.807, 2.05) is 19.1 Å². The fourth-order valence-electron chi connectivity index (χ4n) is 5.40. The second-order valence-electron chi connectivity index (χ2n) is 9.62. The zero-order valence-corrected chi connectivity index (χ0v) is 20.1. The van der Waals surface area contributed by atoms with Gasteiger partial charge in [-0.05, 0) is 59.5 Å². The molecule has 3 aliphatic rings. The smallest absolute Gasteiger partial charge is 0.283 e. The molecule has 2 bridgehead atoms. The van der Waals surface area contributed by atoms with Crippen LogP contribution in [0.25, 0.3) is 0 Å². The van der Waals surface area contributed by atoms with Crippen LogP contribution in [0.5, 0.6) is 0 Å². The Hall–Kier alpha value is -2.35. The molecule has 4 atom stereocenters. The van der Waals surface area contributed by atoms with Crippen LogP contribution in [0, 0.1) is 23.2 Å². The van der Waals surface area contributed by atoms with Crippen molar-refractivity contribution in [2.75, 3.05) is 11.1 Å². The fourth-order valence-corrected chi connectivity index (χ4v) is 6.19. The van der Waals surface area contributed by atoms with Crippen molar-refractivity contribution in [2.24, 2.45) is 23.2 Å². The standard InChI is InChI=1S/C24H33N5O2S/c1-5-32-22-20(28-19-11-17-10-18(15(19)2)24(17,3)4)13-27-29(23(22)31)14-21(30)26-12-16-6-8-25-9-7-16/h6-9,13,15,17-19,28H,5,10-12,14H2,1-4H3,(H,26,30)/t15-,17+,18-,19-/m1/s1. The van der Waals surface area contributed by atoms with E-state index in [1.165, 1.54) is 22.9 Å². The molecule has 3 fully saturated rings. The Morgan fingerprint density at radius 1 is 1.28 bits per heavy atom. The Morgan fingerprint density at radius 3 is 2.69 bits per heavy atom. The first-order valence-corrected chi connectivity index (χ1v) is 12.4. The molecule has 5 rings (SSSR count). The van der Waals surface area contributed by atoms with Crippen LogP contribution >= 0.6 is 11.8 Å². The summed E-state index contributed by atoms with van der Waals surface area (Å²) >= 11 is 1.51. The molecule has 0 saturated heterocycles. The predicted molar refractivity (Wildman–Crippen MR) is 128 cm³/mol. The van der Waals surface area contributed by atoms with E-state index < -0.39 is 0 Å². The van der Waals surface area contributed by atoms with Crippen LogP contribution in [0.1, 0.15) is 46.1 Å². The lowest BCUT2D eigenvalue weighted by molar-refractivity contribution is -0.122. The second kappa shape index (κ2) is 9.25. The van der Waals surface area contributed by atoms with Gasteiger partial charge in [0.05, 0.1) is 16.8 Å². The first-order valence-electron chi connectivity index (χ1n) is 11.5. The Kier molecular flexibility index (Phi) is 6.60. The lowest BCUT2D eigenvalue weighted by atomic mass is 9.45. The number of aromatic nitrogens is 3. The molecule has 172 valence electrons. The van der Waals surface area contributed by atoms with E-state index in [9.17, 15) is 9.59 Å². The van der Waals surface area contributed by atoms with Crippen molar-refractivity contribution in [1.82, 2.24) is 20.1 Å². The summed E-state index contributed by atoms with van der Waals surface area (Å²) in [6, 6.07) is 4.04. The van der Waals surface area contributed by atoms with Crippen molar-refractivity contribution in [1.29, 1.82) is 0 Å². The van der Waals surface area contributed by atoms with Gasteiger partial charge in [0.1, 0.15) is 6.54 Å². The van der Waals surface area contributed by atoms with Gasteiger partial charge in [0.25, 0.3) is 5.56 Å². The molecule has 1 amide bonds. The summed E-state index contributed by atoms with van der Waals surface area (Å²) in [6.45, 7) is 9.43. The molecule has 0 unspecified atom stereocenters. The van der Waals surface area contributed by atoms with E-state index in [2.05, 4.69) is 41.5 Å². The molecule has 2 aromatic heterocycles. The van der Waals surface area contributed by atoms with E-state index in [4.69, 9.17) is 0 Å². The third-order valence-corrected chi connectivity index (χ3v) is 8.49. The number of carbonyl (C=O) groups excluding carboxylic acids is 1. The van der Waals surface area contributed by atoms with Crippen LogP contribution in [-0.2, 0) is 17.9 Å². The SMILES string of the molecule is CCSc1c(N[C@@H]2C[C@@H]3C[C@H]([C@H]2C)C3(C)C)cnn(CC(=O)NCc2ccncc2)c1=O. The number of pyridine rings is 1. The summed E-state index contributed by atoms with van der Waals surface area (Å²) < 4.78 is 1.26. The van der Waals surface area contributed by atoms with Crippen molar-refractivity contribution >= 4 is 23.4 Å². The maximum absolute atomic E-state index is 13.1. The summed E-state index contributed by atoms with van der Waals surface area (Å²) in [4.78, 5) is 30.2. The topological polar surface area (TPSA) is 88.9 Å². The molecule has 3 saturated carbocycles. The highest BCUT2D eigenvalue weighted by molar-refractivity contribution is 7.99. The van der Waals surface area contributed by atoms with E-state index in [-0.39, 0.29) is 18.0 Å².